The van der Waals surface area contributed by atoms with Gasteiger partial charge in [-0.05, 0) is 55.9 Å². The third kappa shape index (κ3) is 5.06. The lowest BCUT2D eigenvalue weighted by Crippen LogP contribution is -2.35. The monoisotopic (exact) mass is 408 g/mol. The smallest absolute Gasteiger partial charge is 0.243 e. The van der Waals surface area contributed by atoms with Crippen LogP contribution < -0.4 is 4.74 Å². The molecule has 1 aromatic carbocycles. The first-order valence-electron chi connectivity index (χ1n) is 10.5. The Bertz CT molecular complexity index is 765. The molecule has 2 fully saturated rings. The maximum Gasteiger partial charge on any atom is 0.243 e. The van der Waals surface area contributed by atoms with Crippen LogP contribution in [0.25, 0.3) is 0 Å². The zero-order chi connectivity index (χ0) is 20.0. The summed E-state index contributed by atoms with van der Waals surface area (Å²) >= 11 is 0. The van der Waals surface area contributed by atoms with Crippen molar-refractivity contribution in [2.45, 2.75) is 62.7 Å². The van der Waals surface area contributed by atoms with Crippen LogP contribution in [0.15, 0.2) is 23.1 Å². The van der Waals surface area contributed by atoms with E-state index in [2.05, 4.69) is 0 Å². The largest absolute Gasteiger partial charge is 0.496 e. The minimum atomic E-state index is -3.49. The Morgan fingerprint density at radius 3 is 2.21 bits per heavy atom. The Labute approximate surface area is 168 Å². The number of methoxy groups -OCH3 is 1. The van der Waals surface area contributed by atoms with Gasteiger partial charge in [-0.3, -0.25) is 4.79 Å². The molecule has 2 aliphatic heterocycles. The number of piperidine rings is 1. The van der Waals surface area contributed by atoms with E-state index in [9.17, 15) is 13.2 Å². The van der Waals surface area contributed by atoms with E-state index in [0.29, 0.717) is 36.6 Å². The van der Waals surface area contributed by atoms with Gasteiger partial charge in [0.05, 0.1) is 12.0 Å². The molecule has 1 aromatic rings. The summed E-state index contributed by atoms with van der Waals surface area (Å²) in [5.74, 6) is 0.787. The number of nitrogens with zero attached hydrogens (tertiary/aromatic N) is 2. The molecule has 0 unspecified atom stereocenters. The van der Waals surface area contributed by atoms with Crippen molar-refractivity contribution >= 4 is 15.9 Å². The van der Waals surface area contributed by atoms with E-state index in [-0.39, 0.29) is 5.91 Å². The zero-order valence-electron chi connectivity index (χ0n) is 16.9. The highest BCUT2D eigenvalue weighted by molar-refractivity contribution is 7.89. The van der Waals surface area contributed by atoms with Crippen LogP contribution in [0.4, 0.5) is 0 Å². The van der Waals surface area contributed by atoms with E-state index in [4.69, 9.17) is 4.74 Å². The predicted molar refractivity (Wildman–Crippen MR) is 109 cm³/mol. The molecule has 0 N–H and O–H groups in total. The molecular formula is C21H32N2O4S. The number of sulfonamides is 1. The molecule has 2 saturated heterocycles. The van der Waals surface area contributed by atoms with E-state index in [1.165, 1.54) is 12.8 Å². The molecule has 6 nitrogen and oxygen atoms in total. The van der Waals surface area contributed by atoms with Gasteiger partial charge < -0.3 is 9.64 Å². The van der Waals surface area contributed by atoms with Gasteiger partial charge in [0, 0.05) is 32.6 Å². The molecule has 0 aliphatic carbocycles. The van der Waals surface area contributed by atoms with Crippen molar-refractivity contribution in [3.8, 4) is 5.75 Å². The molecule has 0 radical (unpaired) electrons. The highest BCUT2D eigenvalue weighted by Gasteiger charge is 2.27. The van der Waals surface area contributed by atoms with Crippen LogP contribution in [0.3, 0.4) is 0 Å². The zero-order valence-corrected chi connectivity index (χ0v) is 17.7. The maximum atomic E-state index is 13.0. The molecule has 0 spiro atoms. The SMILES string of the molecule is COc1ccc(S(=O)(=O)N2CCCCC2)cc1CCC(=O)N1CCCCCC1. The first-order chi connectivity index (χ1) is 13.5. The van der Waals surface area contributed by atoms with Gasteiger partial charge in [0.2, 0.25) is 15.9 Å². The lowest BCUT2D eigenvalue weighted by Gasteiger charge is -2.26. The van der Waals surface area contributed by atoms with E-state index in [0.717, 1.165) is 50.8 Å². The van der Waals surface area contributed by atoms with Gasteiger partial charge in [0.25, 0.3) is 0 Å². The Morgan fingerprint density at radius 1 is 0.964 bits per heavy atom. The Balaban J connectivity index is 1.72. The summed E-state index contributed by atoms with van der Waals surface area (Å²) in [5.41, 5.74) is 0.781. The molecule has 3 rings (SSSR count). The van der Waals surface area contributed by atoms with Crippen LogP contribution in [0.2, 0.25) is 0 Å². The summed E-state index contributed by atoms with van der Waals surface area (Å²) in [5, 5.41) is 0. The van der Waals surface area contributed by atoms with Crippen molar-refractivity contribution in [2.24, 2.45) is 0 Å². The fourth-order valence-corrected chi connectivity index (χ4v) is 5.65. The van der Waals surface area contributed by atoms with Gasteiger partial charge in [0.15, 0.2) is 0 Å². The van der Waals surface area contributed by atoms with Gasteiger partial charge in [-0.2, -0.15) is 4.31 Å². The second-order valence-corrected chi connectivity index (χ2v) is 9.67. The summed E-state index contributed by atoms with van der Waals surface area (Å²) in [6.45, 7) is 2.83. The molecule has 1 amide bonds. The normalized spacial score (nSPS) is 19.2. The Hall–Kier alpha value is -1.60. The summed E-state index contributed by atoms with van der Waals surface area (Å²) in [4.78, 5) is 14.9. The molecule has 28 heavy (non-hydrogen) atoms. The number of amides is 1. The lowest BCUT2D eigenvalue weighted by molar-refractivity contribution is -0.131. The highest BCUT2D eigenvalue weighted by atomic mass is 32.2. The number of ether oxygens (including phenoxy) is 1. The second kappa shape index (κ2) is 9.74. The van der Waals surface area contributed by atoms with E-state index in [1.807, 2.05) is 4.90 Å². The molecule has 0 saturated carbocycles. The summed E-state index contributed by atoms with van der Waals surface area (Å²) in [7, 11) is -1.91. The summed E-state index contributed by atoms with van der Waals surface area (Å²) in [6, 6.07) is 5.02. The third-order valence-corrected chi connectivity index (χ3v) is 7.67. The average Bonchev–Trinajstić information content (AvgIpc) is 3.02. The van der Waals surface area contributed by atoms with Gasteiger partial charge in [-0.1, -0.05) is 19.3 Å². The maximum absolute atomic E-state index is 13.0. The van der Waals surface area contributed by atoms with Crippen molar-refractivity contribution in [2.75, 3.05) is 33.3 Å². The first kappa shape index (κ1) is 21.1. The van der Waals surface area contributed by atoms with Gasteiger partial charge >= 0.3 is 0 Å². The van der Waals surface area contributed by atoms with E-state index in [1.54, 1.807) is 29.6 Å². The molecule has 0 atom stereocenters. The van der Waals surface area contributed by atoms with Gasteiger partial charge in [-0.25, -0.2) is 8.42 Å². The Kier molecular flexibility index (Phi) is 7.35. The molecule has 2 aliphatic rings. The van der Waals surface area contributed by atoms with Crippen molar-refractivity contribution in [1.29, 1.82) is 0 Å². The summed E-state index contributed by atoms with van der Waals surface area (Å²) in [6.07, 6.45) is 8.28. The predicted octanol–water partition coefficient (Wildman–Crippen LogP) is 3.21. The molecular weight excluding hydrogens is 376 g/mol. The number of carbonyl (C=O) groups is 1. The number of hydrogen-bond donors (Lipinski definition) is 0. The van der Waals surface area contributed by atoms with Crippen LogP contribution in [-0.4, -0.2) is 56.8 Å². The van der Waals surface area contributed by atoms with Crippen molar-refractivity contribution in [3.05, 3.63) is 23.8 Å². The quantitative estimate of drug-likeness (QED) is 0.725. The lowest BCUT2D eigenvalue weighted by atomic mass is 10.1. The molecule has 156 valence electrons. The topological polar surface area (TPSA) is 66.9 Å². The van der Waals surface area contributed by atoms with Crippen molar-refractivity contribution < 1.29 is 17.9 Å². The first-order valence-corrected chi connectivity index (χ1v) is 11.9. The van der Waals surface area contributed by atoms with E-state index >= 15 is 0 Å². The number of rotatable bonds is 6. The highest BCUT2D eigenvalue weighted by Crippen LogP contribution is 2.27. The van der Waals surface area contributed by atoms with Crippen molar-refractivity contribution in [1.82, 2.24) is 9.21 Å². The fraction of sp³-hybridized carbons (Fsp3) is 0.667. The molecule has 2 heterocycles. The second-order valence-electron chi connectivity index (χ2n) is 7.73. The van der Waals surface area contributed by atoms with Gasteiger partial charge in [0.1, 0.15) is 5.75 Å². The number of hydrogen-bond acceptors (Lipinski definition) is 4. The number of carbonyl (C=O) groups excluding carboxylic acids is 1. The summed E-state index contributed by atoms with van der Waals surface area (Å²) < 4.78 is 32.9. The Morgan fingerprint density at radius 2 is 1.57 bits per heavy atom. The number of likely N-dealkylation sites (tertiary alicyclic amines) is 1. The minimum Gasteiger partial charge on any atom is -0.496 e. The van der Waals surface area contributed by atoms with Crippen LogP contribution in [0.1, 0.15) is 56.9 Å². The third-order valence-electron chi connectivity index (χ3n) is 5.77. The van der Waals surface area contributed by atoms with Crippen LogP contribution in [0.5, 0.6) is 5.75 Å². The fourth-order valence-electron chi connectivity index (χ4n) is 4.08. The van der Waals surface area contributed by atoms with Crippen LogP contribution >= 0.6 is 0 Å². The van der Waals surface area contributed by atoms with Crippen LogP contribution in [-0.2, 0) is 21.2 Å². The van der Waals surface area contributed by atoms with Crippen LogP contribution in [0, 0.1) is 0 Å². The molecule has 0 bridgehead atoms. The average molecular weight is 409 g/mol. The van der Waals surface area contributed by atoms with Gasteiger partial charge in [-0.15, -0.1) is 0 Å². The van der Waals surface area contributed by atoms with E-state index < -0.39 is 10.0 Å². The standard InChI is InChI=1S/C21H32N2O4S/c1-27-20-11-10-19(28(25,26)23-15-7-4-8-16-23)17-18(20)9-12-21(24)22-13-5-2-3-6-14-22/h10-11,17H,2-9,12-16H2,1H3. The number of benzene rings is 1. The van der Waals surface area contributed by atoms with Crippen molar-refractivity contribution in [3.63, 3.8) is 0 Å². The molecule has 7 heteroatoms. The minimum absolute atomic E-state index is 0.147. The molecule has 0 aromatic heterocycles. The number of aryl methyl sites for hydroxylation is 1.